The van der Waals surface area contributed by atoms with E-state index in [2.05, 4.69) is 20.8 Å². The summed E-state index contributed by atoms with van der Waals surface area (Å²) in [4.78, 5) is 11.2. The molecule has 1 heterocycles. The maximum Gasteiger partial charge on any atom is 0.321 e. The van der Waals surface area contributed by atoms with Gasteiger partial charge >= 0.3 is 6.03 Å². The Balaban J connectivity index is 2.39. The zero-order valence-electron chi connectivity index (χ0n) is 8.03. The van der Waals surface area contributed by atoms with Crippen molar-refractivity contribution in [2.24, 2.45) is 0 Å². The molecule has 1 aromatic heterocycles. The second-order valence-corrected chi connectivity index (χ2v) is 4.49. The largest absolute Gasteiger partial charge is 0.338 e. The molecule has 0 radical (unpaired) electrons. The molecule has 5 nitrogen and oxygen atoms in total. The first kappa shape index (κ1) is 11.3. The van der Waals surface area contributed by atoms with Gasteiger partial charge in [0.15, 0.2) is 4.34 Å². The topological polar surface area (TPSA) is 66.9 Å². The molecule has 2 N–H and O–H groups in total. The highest BCUT2D eigenvalue weighted by atomic mass is 32.2. The lowest BCUT2D eigenvalue weighted by molar-refractivity contribution is 0.252. The molecule has 0 aliphatic carbocycles. The van der Waals surface area contributed by atoms with Gasteiger partial charge in [0.2, 0.25) is 5.13 Å². The van der Waals surface area contributed by atoms with E-state index in [0.717, 1.165) is 10.8 Å². The number of nitrogens with zero attached hydrogens (tertiary/aromatic N) is 2. The minimum Gasteiger partial charge on any atom is -0.338 e. The Morgan fingerprint density at radius 1 is 1.57 bits per heavy atom. The molecule has 78 valence electrons. The summed E-state index contributed by atoms with van der Waals surface area (Å²) in [6.07, 6.45) is 2.83. The van der Waals surface area contributed by atoms with Gasteiger partial charge in [-0.05, 0) is 12.7 Å². The predicted molar refractivity (Wildman–Crippen MR) is 59.0 cm³/mol. The lowest BCUT2D eigenvalue weighted by atomic mass is 10.5. The highest BCUT2D eigenvalue weighted by molar-refractivity contribution is 8.00. The Bertz CT molecular complexity index is 302. The number of aromatic nitrogens is 2. The lowest BCUT2D eigenvalue weighted by Gasteiger charge is -2.01. The lowest BCUT2D eigenvalue weighted by Crippen LogP contribution is -2.29. The molecule has 0 aliphatic rings. The Kier molecular flexibility index (Phi) is 4.68. The van der Waals surface area contributed by atoms with Gasteiger partial charge in [0.25, 0.3) is 0 Å². The molecular formula is C7H12N4OS2. The van der Waals surface area contributed by atoms with Crippen LogP contribution in [0.15, 0.2) is 4.34 Å². The molecule has 1 aromatic rings. The van der Waals surface area contributed by atoms with Crippen LogP contribution in [-0.2, 0) is 0 Å². The van der Waals surface area contributed by atoms with Crippen LogP contribution in [0.4, 0.5) is 9.93 Å². The second-order valence-electron chi connectivity index (χ2n) is 2.46. The quantitative estimate of drug-likeness (QED) is 0.613. The smallest absolute Gasteiger partial charge is 0.321 e. The predicted octanol–water partition coefficient (Wildman–Crippen LogP) is 1.79. The molecule has 0 aliphatic heterocycles. The van der Waals surface area contributed by atoms with Crippen molar-refractivity contribution < 1.29 is 4.79 Å². The third-order valence-corrected chi connectivity index (χ3v) is 3.15. The number of rotatable bonds is 4. The third-order valence-electron chi connectivity index (χ3n) is 1.34. The van der Waals surface area contributed by atoms with Crippen molar-refractivity contribution in [2.75, 3.05) is 18.1 Å². The minimum absolute atomic E-state index is 0.226. The number of anilines is 1. The first-order valence-corrected chi connectivity index (χ1v) is 6.22. The Morgan fingerprint density at radius 2 is 2.36 bits per heavy atom. The zero-order chi connectivity index (χ0) is 10.4. The van der Waals surface area contributed by atoms with Gasteiger partial charge in [-0.1, -0.05) is 30.0 Å². The molecule has 0 aromatic carbocycles. The van der Waals surface area contributed by atoms with Crippen LogP contribution < -0.4 is 10.6 Å². The van der Waals surface area contributed by atoms with E-state index in [0.29, 0.717) is 11.7 Å². The van der Waals surface area contributed by atoms with Crippen molar-refractivity contribution in [3.8, 4) is 0 Å². The van der Waals surface area contributed by atoms with Crippen molar-refractivity contribution in [3.63, 3.8) is 0 Å². The fraction of sp³-hybridized carbons (Fsp3) is 0.571. The maximum atomic E-state index is 11.2. The van der Waals surface area contributed by atoms with Crippen LogP contribution in [0.25, 0.3) is 0 Å². The van der Waals surface area contributed by atoms with E-state index in [1.807, 2.05) is 13.2 Å². The van der Waals surface area contributed by atoms with Crippen molar-refractivity contribution in [1.29, 1.82) is 0 Å². The number of hydrogen-bond donors (Lipinski definition) is 2. The van der Waals surface area contributed by atoms with Crippen LogP contribution in [-0.4, -0.2) is 29.0 Å². The van der Waals surface area contributed by atoms with Crippen LogP contribution in [0.3, 0.4) is 0 Å². The fourth-order valence-electron chi connectivity index (χ4n) is 0.723. The summed E-state index contributed by atoms with van der Waals surface area (Å²) < 4.78 is 0.843. The normalized spacial score (nSPS) is 9.86. The van der Waals surface area contributed by atoms with Crippen LogP contribution >= 0.6 is 23.1 Å². The first-order chi connectivity index (χ1) is 6.76. The number of thioether (sulfide) groups is 1. The highest BCUT2D eigenvalue weighted by Crippen LogP contribution is 2.22. The molecule has 7 heteroatoms. The Labute approximate surface area is 90.7 Å². The summed E-state index contributed by atoms with van der Waals surface area (Å²) in [5.74, 6) is 0. The summed E-state index contributed by atoms with van der Waals surface area (Å²) in [5.41, 5.74) is 0. The standard InChI is InChI=1S/C7H12N4OS2/c1-3-4-8-5(12)9-6-10-11-7(13-2)14-6/h3-4H2,1-2H3,(H2,8,9,10,12). The molecule has 0 fully saturated rings. The van der Waals surface area contributed by atoms with E-state index in [1.54, 1.807) is 0 Å². The van der Waals surface area contributed by atoms with E-state index in [9.17, 15) is 4.79 Å². The molecular weight excluding hydrogens is 220 g/mol. The molecule has 2 amide bonds. The number of carbonyl (C=O) groups excluding carboxylic acids is 1. The number of hydrogen-bond acceptors (Lipinski definition) is 5. The molecule has 1 rings (SSSR count). The van der Waals surface area contributed by atoms with Gasteiger partial charge in [-0.25, -0.2) is 4.79 Å². The molecule has 0 saturated carbocycles. The van der Waals surface area contributed by atoms with E-state index < -0.39 is 0 Å². The van der Waals surface area contributed by atoms with E-state index in [-0.39, 0.29) is 6.03 Å². The fourth-order valence-corrected chi connectivity index (χ4v) is 1.89. The summed E-state index contributed by atoms with van der Waals surface area (Å²) in [6, 6.07) is -0.226. The molecule has 0 saturated heterocycles. The summed E-state index contributed by atoms with van der Waals surface area (Å²) >= 11 is 2.87. The van der Waals surface area contributed by atoms with Crippen molar-refractivity contribution in [1.82, 2.24) is 15.5 Å². The van der Waals surface area contributed by atoms with Gasteiger partial charge in [-0.15, -0.1) is 10.2 Å². The first-order valence-electron chi connectivity index (χ1n) is 4.18. The third kappa shape index (κ3) is 3.51. The number of urea groups is 1. The van der Waals surface area contributed by atoms with E-state index >= 15 is 0 Å². The van der Waals surface area contributed by atoms with Crippen molar-refractivity contribution in [3.05, 3.63) is 0 Å². The van der Waals surface area contributed by atoms with Gasteiger partial charge in [0.1, 0.15) is 0 Å². The average Bonchev–Trinajstić information content (AvgIpc) is 2.62. The Morgan fingerprint density at radius 3 is 2.93 bits per heavy atom. The molecule has 0 unspecified atom stereocenters. The summed E-state index contributed by atoms with van der Waals surface area (Å²) in [7, 11) is 0. The van der Waals surface area contributed by atoms with E-state index in [4.69, 9.17) is 0 Å². The SMILES string of the molecule is CCCNC(=O)Nc1nnc(SC)s1. The number of nitrogens with one attached hydrogen (secondary N) is 2. The van der Waals surface area contributed by atoms with Crippen molar-refractivity contribution >= 4 is 34.3 Å². The maximum absolute atomic E-state index is 11.2. The van der Waals surface area contributed by atoms with Gasteiger partial charge in [-0.3, -0.25) is 5.32 Å². The molecule has 0 bridgehead atoms. The van der Waals surface area contributed by atoms with Gasteiger partial charge < -0.3 is 5.32 Å². The highest BCUT2D eigenvalue weighted by Gasteiger charge is 2.05. The molecule has 14 heavy (non-hydrogen) atoms. The van der Waals surface area contributed by atoms with Crippen molar-refractivity contribution in [2.45, 2.75) is 17.7 Å². The zero-order valence-corrected chi connectivity index (χ0v) is 9.67. The van der Waals surface area contributed by atoms with Gasteiger partial charge in [-0.2, -0.15) is 0 Å². The number of carbonyl (C=O) groups is 1. The van der Waals surface area contributed by atoms with Gasteiger partial charge in [0.05, 0.1) is 0 Å². The summed E-state index contributed by atoms with van der Waals surface area (Å²) in [6.45, 7) is 2.66. The van der Waals surface area contributed by atoms with E-state index in [1.165, 1.54) is 23.1 Å². The van der Waals surface area contributed by atoms with Crippen LogP contribution in [0.1, 0.15) is 13.3 Å². The van der Waals surface area contributed by atoms with Crippen LogP contribution in [0.5, 0.6) is 0 Å². The molecule has 0 atom stereocenters. The second kappa shape index (κ2) is 5.82. The van der Waals surface area contributed by atoms with Crippen LogP contribution in [0.2, 0.25) is 0 Å². The summed E-state index contributed by atoms with van der Waals surface area (Å²) in [5, 5.41) is 13.5. The average molecular weight is 232 g/mol. The Hall–Kier alpha value is -0.820. The number of amides is 2. The molecule has 0 spiro atoms. The minimum atomic E-state index is -0.226. The van der Waals surface area contributed by atoms with Crippen LogP contribution in [0, 0.1) is 0 Å². The monoisotopic (exact) mass is 232 g/mol. The van der Waals surface area contributed by atoms with Gasteiger partial charge in [0, 0.05) is 6.54 Å².